The molecular formula is C78H81BrI2N18O6. The molecule has 0 fully saturated rings. The highest BCUT2D eigenvalue weighted by Gasteiger charge is 2.24. The number of aromatic nitrogens is 14. The molecule has 0 saturated heterocycles. The van der Waals surface area contributed by atoms with Crippen LogP contribution in [-0.4, -0.2) is 81.7 Å². The van der Waals surface area contributed by atoms with Gasteiger partial charge in [-0.05, 0) is 208 Å². The van der Waals surface area contributed by atoms with Gasteiger partial charge < -0.3 is 45.7 Å². The number of hydrogen-bond acceptors (Lipinski definition) is 18. The molecule has 0 unspecified atom stereocenters. The van der Waals surface area contributed by atoms with E-state index < -0.39 is 0 Å². The summed E-state index contributed by atoms with van der Waals surface area (Å²) in [7, 11) is 0. The van der Waals surface area contributed by atoms with E-state index in [9.17, 15) is 29.4 Å². The first-order chi connectivity index (χ1) is 50.1. The summed E-state index contributed by atoms with van der Waals surface area (Å²) < 4.78 is 12.3. The van der Waals surface area contributed by atoms with Gasteiger partial charge in [-0.25, -0.2) is 39.3 Å². The first kappa shape index (κ1) is 76.0. The highest BCUT2D eigenvalue weighted by atomic mass is 127. The van der Waals surface area contributed by atoms with Crippen LogP contribution in [0.1, 0.15) is 136 Å². The minimum Gasteiger partial charge on any atom is -0.508 e. The van der Waals surface area contributed by atoms with Gasteiger partial charge in [0.15, 0.2) is 11.3 Å². The number of nitrogen functional groups attached to an aromatic ring is 3. The van der Waals surface area contributed by atoms with Gasteiger partial charge in [0.1, 0.15) is 55.3 Å². The topological polar surface area (TPSA) is 332 Å². The predicted octanol–water partition coefficient (Wildman–Crippen LogP) is 14.2. The number of halogens is 3. The van der Waals surface area contributed by atoms with Crippen molar-refractivity contribution in [2.75, 3.05) is 17.2 Å². The Balaban J connectivity index is 0.000000138. The van der Waals surface area contributed by atoms with Crippen LogP contribution >= 0.6 is 61.1 Å². The van der Waals surface area contributed by atoms with Crippen molar-refractivity contribution in [3.05, 3.63) is 242 Å². The molecule has 27 heteroatoms. The number of pyridine rings is 4. The summed E-state index contributed by atoms with van der Waals surface area (Å²) in [6, 6.07) is 38.7. The highest BCUT2D eigenvalue weighted by molar-refractivity contribution is 14.1. The van der Waals surface area contributed by atoms with Crippen LogP contribution in [-0.2, 0) is 31.6 Å². The smallest absolute Gasteiger partial charge is 0.259 e. The number of nitrogens with two attached hydrogens (primary N) is 3. The second kappa shape index (κ2) is 32.1. The summed E-state index contributed by atoms with van der Waals surface area (Å²) in [5.41, 5.74) is 29.6. The van der Waals surface area contributed by atoms with Crippen molar-refractivity contribution >= 4 is 147 Å². The first-order valence-corrected chi connectivity index (χ1v) is 37.3. The zero-order valence-corrected chi connectivity index (χ0v) is 66.1. The van der Waals surface area contributed by atoms with Gasteiger partial charge in [-0.2, -0.15) is 10.2 Å². The lowest BCUT2D eigenvalue weighted by atomic mass is 10.1. The Hall–Kier alpha value is -10.1. The molecule has 0 radical (unpaired) electrons. The third kappa shape index (κ3) is 15.4. The van der Waals surface area contributed by atoms with Crippen LogP contribution in [0.4, 0.5) is 17.5 Å². The lowest BCUT2D eigenvalue weighted by molar-refractivity contribution is 0.266. The zero-order valence-electron chi connectivity index (χ0n) is 60.2. The number of aryl methyl sites for hydroxylation is 4. The summed E-state index contributed by atoms with van der Waals surface area (Å²) in [4.78, 5) is 80.7. The van der Waals surface area contributed by atoms with Crippen molar-refractivity contribution in [3.8, 4) is 17.0 Å². The Morgan fingerprint density at radius 1 is 0.467 bits per heavy atom. The molecule has 9 aromatic heterocycles. The van der Waals surface area contributed by atoms with E-state index in [4.69, 9.17) is 22.3 Å². The molecule has 24 nitrogen and oxygen atoms in total. The number of hydrogen-bond donors (Lipinski definition) is 5. The highest BCUT2D eigenvalue weighted by Crippen LogP contribution is 2.34. The monoisotopic (exact) mass is 1700 g/mol. The molecule has 0 aliphatic carbocycles. The SMILES string of the molecule is Cc1cccc2cc(CBr)n(C(C)C)c(=O)c12.Cc1cccc2cc(CO)n(C(C)C)c(=O)c12.Cc1cccc2cc(Cn3nc(-c4cccc(O)c4)c4c(N)ncnc43)n(C(C)C)c(=O)c12.Cc1cccc2cc(Cn3nc(I)c4c(N)ncnc43)n(C(C)C)c(=O)c12.Nc1ncnc2c1C(I)=NC2. The van der Waals surface area contributed by atoms with Crippen molar-refractivity contribution < 1.29 is 10.2 Å². The molecule has 5 aromatic carbocycles. The van der Waals surface area contributed by atoms with Crippen LogP contribution in [0.25, 0.3) is 76.4 Å². The fourth-order valence-electron chi connectivity index (χ4n) is 13.5. The van der Waals surface area contributed by atoms with Crippen LogP contribution in [0.3, 0.4) is 0 Å². The number of anilines is 3. The number of alkyl halides is 1. The molecule has 105 heavy (non-hydrogen) atoms. The first-order valence-electron chi connectivity index (χ1n) is 34.0. The average molecular weight is 1700 g/mol. The quantitative estimate of drug-likeness (QED) is 0.0593. The number of benzene rings is 5. The van der Waals surface area contributed by atoms with Crippen LogP contribution in [0, 0.1) is 31.4 Å². The average Bonchev–Trinajstić information content (AvgIpc) is 1.68. The van der Waals surface area contributed by atoms with Gasteiger partial charge in [-0.1, -0.05) is 101 Å². The van der Waals surface area contributed by atoms with Gasteiger partial charge >= 0.3 is 0 Å². The van der Waals surface area contributed by atoms with E-state index >= 15 is 0 Å². The second-order valence-electron chi connectivity index (χ2n) is 26.7. The van der Waals surface area contributed by atoms with Gasteiger partial charge in [0.25, 0.3) is 22.2 Å². The van der Waals surface area contributed by atoms with Gasteiger partial charge in [0.2, 0.25) is 0 Å². The summed E-state index contributed by atoms with van der Waals surface area (Å²) in [6.45, 7) is 25.1. The minimum absolute atomic E-state index is 0.0142. The summed E-state index contributed by atoms with van der Waals surface area (Å²) in [5.74, 6) is 1.37. The minimum atomic E-state index is -0.114. The maximum absolute atomic E-state index is 13.4. The summed E-state index contributed by atoms with van der Waals surface area (Å²) in [5, 5.41) is 37.6. The van der Waals surface area contributed by atoms with E-state index in [1.54, 1.807) is 36.7 Å². The number of aliphatic imine (C=N–C) groups is 1. The van der Waals surface area contributed by atoms with Crippen molar-refractivity contribution in [2.45, 2.75) is 139 Å². The van der Waals surface area contributed by atoms with Crippen LogP contribution in [0.5, 0.6) is 5.75 Å². The molecule has 540 valence electrons. The Kier molecular flexibility index (Phi) is 23.2. The Morgan fingerprint density at radius 2 is 0.848 bits per heavy atom. The Morgan fingerprint density at radius 3 is 1.28 bits per heavy atom. The van der Waals surface area contributed by atoms with Crippen molar-refractivity contribution in [1.82, 2.24) is 67.7 Å². The molecule has 0 atom stereocenters. The van der Waals surface area contributed by atoms with Crippen LogP contribution in [0.2, 0.25) is 0 Å². The molecular weight excluding hydrogens is 1620 g/mol. The standard InChI is InChI=1S/C25H24N6O2.C19H19IN6O.C14H16BrNO.C14H17NO2.C6H5IN4/c1-14(2)31-18(10-16-7-4-6-15(3)20(16)25(31)33)12-30-24-21(23(26)27-13-28-24)22(29-30)17-8-5-9-19(32)11-17;1-10(2)26-13(7-12-6-4-5-11(3)14(12)19(26)27)8-25-18-15(16(20)24-25)17(21)22-9-23-18;1-9(2)16-12(8-15)7-11-6-4-5-10(3)13(11)14(16)17;1-9(2)15-12(8-16)7-11-6-4-5-10(3)13(11)14(15)17;7-5-4-3(1-9-5)10-2-11-6(4)8/h4-11,13-14,32H,12H2,1-3H3,(H2,26,27,28);4-7,9-10H,8H2,1-3H3,(H2,21,22,23);4-7,9H,8H2,1-3H3;4-7,9,16H,8H2,1-3H3;2H,1H2,(H2,8,10,11). The molecule has 15 rings (SSSR count). The number of rotatable bonds is 11. The molecule has 14 aromatic rings. The Bertz CT molecular complexity index is 5870. The number of phenols is 1. The number of phenolic OH excluding ortho intramolecular Hbond substituents is 1. The number of aliphatic hydroxyl groups excluding tert-OH is 1. The molecule has 8 N–H and O–H groups in total. The Labute approximate surface area is 640 Å². The van der Waals surface area contributed by atoms with E-state index in [-0.39, 0.29) is 58.8 Å². The number of nitrogens with zero attached hydrogens (tertiary/aromatic N) is 15. The fraction of sp³-hybridized carbons (Fsp3) is 0.269. The van der Waals surface area contributed by atoms with Crippen LogP contribution < -0.4 is 39.4 Å². The van der Waals surface area contributed by atoms with Gasteiger partial charge in [-0.15, -0.1) is 0 Å². The molecule has 0 bridgehead atoms. The molecule has 1 aliphatic heterocycles. The molecule has 0 amide bonds. The molecule has 0 saturated carbocycles. The zero-order chi connectivity index (χ0) is 75.6. The number of aromatic hydroxyl groups is 1. The molecule has 1 aliphatic rings. The third-order valence-electron chi connectivity index (χ3n) is 18.2. The molecule has 0 spiro atoms. The maximum atomic E-state index is 13.4. The van der Waals surface area contributed by atoms with Crippen molar-refractivity contribution in [1.29, 1.82) is 0 Å². The number of aliphatic hydroxyl groups is 1. The summed E-state index contributed by atoms with van der Waals surface area (Å²) >= 11 is 7.73. The summed E-state index contributed by atoms with van der Waals surface area (Å²) in [6.07, 6.45) is 4.31. The van der Waals surface area contributed by atoms with E-state index in [2.05, 4.69) is 113 Å². The van der Waals surface area contributed by atoms with Crippen molar-refractivity contribution in [3.63, 3.8) is 0 Å². The fourth-order valence-corrected chi connectivity index (χ4v) is 15.5. The van der Waals surface area contributed by atoms with Gasteiger partial charge in [-0.3, -0.25) is 24.2 Å². The van der Waals surface area contributed by atoms with E-state index in [1.807, 2.05) is 183 Å². The van der Waals surface area contributed by atoms with Crippen LogP contribution in [0.15, 0.2) is 164 Å². The van der Waals surface area contributed by atoms with E-state index in [0.29, 0.717) is 76.0 Å². The van der Waals surface area contributed by atoms with E-state index in [0.717, 1.165) is 106 Å². The largest absolute Gasteiger partial charge is 0.508 e. The van der Waals surface area contributed by atoms with Gasteiger partial charge in [0.05, 0.1) is 69.8 Å². The maximum Gasteiger partial charge on any atom is 0.259 e. The lowest BCUT2D eigenvalue weighted by Crippen LogP contribution is -2.27. The normalized spacial score (nSPS) is 11.9. The van der Waals surface area contributed by atoms with Gasteiger partial charge in [0, 0.05) is 57.8 Å². The van der Waals surface area contributed by atoms with Crippen molar-refractivity contribution in [2.24, 2.45) is 4.99 Å². The number of fused-ring (bicyclic) bond motifs is 7. The second-order valence-corrected chi connectivity index (χ2v) is 29.3. The predicted molar refractivity (Wildman–Crippen MR) is 440 cm³/mol. The lowest BCUT2D eigenvalue weighted by Gasteiger charge is -2.18. The van der Waals surface area contributed by atoms with E-state index in [1.165, 1.54) is 19.0 Å². The third-order valence-corrected chi connectivity index (χ3v) is 20.4. The molecule has 10 heterocycles.